The minimum Gasteiger partial charge on any atom is -0.462 e. The van der Waals surface area contributed by atoms with Crippen LogP contribution in [-0.4, -0.2) is 58.8 Å². The molecule has 1 amide bonds. The molecule has 1 N–H and O–H groups in total. The molecule has 20 heavy (non-hydrogen) atoms. The Balaban J connectivity index is 4.17. The van der Waals surface area contributed by atoms with Gasteiger partial charge in [0.25, 0.3) is 0 Å². The van der Waals surface area contributed by atoms with E-state index in [0.717, 1.165) is 12.8 Å². The van der Waals surface area contributed by atoms with E-state index in [2.05, 4.69) is 5.32 Å². The molecule has 0 heterocycles. The lowest BCUT2D eigenvalue weighted by molar-refractivity contribution is -0.147. The molecule has 0 aliphatic heterocycles. The summed E-state index contributed by atoms with van der Waals surface area (Å²) in [6, 6.07) is -0.693. The minimum atomic E-state index is -0.693. The van der Waals surface area contributed by atoms with Crippen molar-refractivity contribution in [2.24, 2.45) is 0 Å². The van der Waals surface area contributed by atoms with Crippen LogP contribution in [0.25, 0.3) is 0 Å². The molecule has 0 radical (unpaired) electrons. The summed E-state index contributed by atoms with van der Waals surface area (Å²) in [6.07, 6.45) is 1.60. The molecule has 118 valence electrons. The van der Waals surface area contributed by atoms with Crippen molar-refractivity contribution in [3.63, 3.8) is 0 Å². The molecular weight excluding hydrogens is 266 g/mol. The van der Waals surface area contributed by atoms with E-state index in [1.165, 1.54) is 14.2 Å². The van der Waals surface area contributed by atoms with Crippen LogP contribution in [0.4, 0.5) is 4.79 Å². The van der Waals surface area contributed by atoms with Gasteiger partial charge < -0.3 is 24.3 Å². The maximum atomic E-state index is 11.8. The van der Waals surface area contributed by atoms with Crippen LogP contribution in [0.15, 0.2) is 0 Å². The molecule has 7 heteroatoms. The van der Waals surface area contributed by atoms with Gasteiger partial charge in [-0.2, -0.15) is 0 Å². The molecule has 0 fully saturated rings. The smallest absolute Gasteiger partial charge is 0.407 e. The van der Waals surface area contributed by atoms with Gasteiger partial charge in [-0.1, -0.05) is 19.8 Å². The average molecular weight is 291 g/mol. The number of carbonyl (C=O) groups excluding carboxylic acids is 2. The van der Waals surface area contributed by atoms with Gasteiger partial charge in [-0.05, 0) is 6.42 Å². The molecule has 0 rings (SSSR count). The van der Waals surface area contributed by atoms with Crippen LogP contribution in [0.2, 0.25) is 0 Å². The van der Waals surface area contributed by atoms with Crippen molar-refractivity contribution in [1.82, 2.24) is 5.32 Å². The average Bonchev–Trinajstić information content (AvgIpc) is 2.43. The largest absolute Gasteiger partial charge is 0.462 e. The lowest BCUT2D eigenvalue weighted by Gasteiger charge is -2.17. The van der Waals surface area contributed by atoms with Crippen LogP contribution in [0, 0.1) is 0 Å². The highest BCUT2D eigenvalue weighted by Gasteiger charge is 2.22. The van der Waals surface area contributed by atoms with E-state index in [0.29, 0.717) is 19.6 Å². The molecule has 0 aliphatic rings. The number of methoxy groups -OCH3 is 2. The van der Waals surface area contributed by atoms with Gasteiger partial charge in [0.15, 0.2) is 0 Å². The predicted molar refractivity (Wildman–Crippen MR) is 72.5 cm³/mol. The maximum Gasteiger partial charge on any atom is 0.407 e. The van der Waals surface area contributed by atoms with Crippen LogP contribution in [-0.2, 0) is 23.7 Å². The third kappa shape index (κ3) is 9.57. The number of hydrogen-bond donors (Lipinski definition) is 1. The van der Waals surface area contributed by atoms with Crippen molar-refractivity contribution in [3.05, 3.63) is 0 Å². The van der Waals surface area contributed by atoms with Crippen molar-refractivity contribution in [2.75, 3.05) is 40.6 Å². The van der Waals surface area contributed by atoms with E-state index < -0.39 is 18.1 Å². The quantitative estimate of drug-likeness (QED) is 0.453. The molecule has 0 bridgehead atoms. The fourth-order valence-corrected chi connectivity index (χ4v) is 1.39. The summed E-state index contributed by atoms with van der Waals surface area (Å²) in [6.45, 7) is 2.94. The lowest BCUT2D eigenvalue weighted by Crippen LogP contribution is -2.42. The molecule has 7 nitrogen and oxygen atoms in total. The molecule has 0 spiro atoms. The number of esters is 1. The lowest BCUT2D eigenvalue weighted by atomic mass is 10.1. The van der Waals surface area contributed by atoms with Crippen molar-refractivity contribution in [1.29, 1.82) is 0 Å². The summed E-state index contributed by atoms with van der Waals surface area (Å²) >= 11 is 0. The zero-order valence-corrected chi connectivity index (χ0v) is 12.5. The molecule has 0 saturated carbocycles. The highest BCUT2D eigenvalue weighted by atomic mass is 16.6. The highest BCUT2D eigenvalue weighted by Crippen LogP contribution is 2.03. The van der Waals surface area contributed by atoms with Gasteiger partial charge in [-0.15, -0.1) is 0 Å². The zero-order chi connectivity index (χ0) is 15.2. The Morgan fingerprint density at radius 3 is 2.15 bits per heavy atom. The number of carbonyl (C=O) groups is 2. The van der Waals surface area contributed by atoms with Crippen molar-refractivity contribution in [3.8, 4) is 0 Å². The van der Waals surface area contributed by atoms with Gasteiger partial charge in [0.05, 0.1) is 13.2 Å². The first-order valence-corrected chi connectivity index (χ1v) is 6.73. The first-order valence-electron chi connectivity index (χ1n) is 6.73. The SMILES string of the molecule is CCCCC(NC(=O)OCCOC)C(=O)OCCOC. The molecule has 0 saturated heterocycles. The monoisotopic (exact) mass is 291 g/mol. The maximum absolute atomic E-state index is 11.8. The van der Waals surface area contributed by atoms with E-state index in [4.69, 9.17) is 18.9 Å². The molecule has 0 aromatic heterocycles. The number of ether oxygens (including phenoxy) is 4. The van der Waals surface area contributed by atoms with Crippen LogP contribution in [0.3, 0.4) is 0 Å². The van der Waals surface area contributed by atoms with Crippen LogP contribution in [0.5, 0.6) is 0 Å². The van der Waals surface area contributed by atoms with Gasteiger partial charge in [-0.25, -0.2) is 9.59 Å². The Labute approximate surface area is 119 Å². The van der Waals surface area contributed by atoms with E-state index >= 15 is 0 Å². The highest BCUT2D eigenvalue weighted by molar-refractivity contribution is 5.81. The Hall–Kier alpha value is -1.34. The van der Waals surface area contributed by atoms with E-state index in [1.807, 2.05) is 6.92 Å². The number of nitrogens with one attached hydrogen (secondary N) is 1. The van der Waals surface area contributed by atoms with Gasteiger partial charge >= 0.3 is 12.1 Å². The molecule has 0 aliphatic carbocycles. The molecular formula is C13H25NO6. The van der Waals surface area contributed by atoms with E-state index in [-0.39, 0.29) is 13.2 Å². The fraction of sp³-hybridized carbons (Fsp3) is 0.846. The first-order chi connectivity index (χ1) is 9.65. The van der Waals surface area contributed by atoms with Gasteiger partial charge in [0.2, 0.25) is 0 Å². The minimum absolute atomic E-state index is 0.140. The first kappa shape index (κ1) is 18.7. The second-order valence-corrected chi connectivity index (χ2v) is 4.13. The Bertz CT molecular complexity index is 272. The van der Waals surface area contributed by atoms with Gasteiger partial charge in [-0.3, -0.25) is 0 Å². The summed E-state index contributed by atoms with van der Waals surface area (Å²) in [5.41, 5.74) is 0. The van der Waals surface area contributed by atoms with E-state index in [1.54, 1.807) is 0 Å². The number of amides is 1. The number of hydrogen-bond acceptors (Lipinski definition) is 6. The predicted octanol–water partition coefficient (Wildman–Crippen LogP) is 1.11. The topological polar surface area (TPSA) is 83.1 Å². The Morgan fingerprint density at radius 1 is 1.00 bits per heavy atom. The molecule has 1 unspecified atom stereocenters. The second kappa shape index (κ2) is 12.7. The summed E-state index contributed by atoms with van der Waals surface area (Å²) < 4.78 is 19.4. The third-order valence-electron chi connectivity index (χ3n) is 2.48. The normalized spacial score (nSPS) is 11.8. The van der Waals surface area contributed by atoms with Gasteiger partial charge in [0, 0.05) is 14.2 Å². The summed E-state index contributed by atoms with van der Waals surface area (Å²) in [5, 5.41) is 2.51. The van der Waals surface area contributed by atoms with Crippen LogP contribution < -0.4 is 5.32 Å². The number of alkyl carbamates (subject to hydrolysis) is 1. The standard InChI is InChI=1S/C13H25NO6/c1-4-5-6-11(12(15)19-9-7-17-2)14-13(16)20-10-8-18-3/h11H,4-10H2,1-3H3,(H,14,16). The Morgan fingerprint density at radius 2 is 1.60 bits per heavy atom. The molecule has 1 atom stereocenters. The number of rotatable bonds is 11. The summed E-state index contributed by atoms with van der Waals surface area (Å²) in [4.78, 5) is 23.3. The van der Waals surface area contributed by atoms with Gasteiger partial charge in [0.1, 0.15) is 19.3 Å². The molecule has 0 aromatic carbocycles. The van der Waals surface area contributed by atoms with Crippen LogP contribution >= 0.6 is 0 Å². The number of unbranched alkanes of at least 4 members (excludes halogenated alkanes) is 1. The Kier molecular flexibility index (Phi) is 11.8. The van der Waals surface area contributed by atoms with Crippen molar-refractivity contribution in [2.45, 2.75) is 32.2 Å². The summed E-state index contributed by atoms with van der Waals surface area (Å²) in [7, 11) is 3.03. The van der Waals surface area contributed by atoms with E-state index in [9.17, 15) is 9.59 Å². The fourth-order valence-electron chi connectivity index (χ4n) is 1.39. The van der Waals surface area contributed by atoms with Crippen molar-refractivity contribution < 1.29 is 28.5 Å². The zero-order valence-electron chi connectivity index (χ0n) is 12.5. The third-order valence-corrected chi connectivity index (χ3v) is 2.48. The molecule has 0 aromatic rings. The van der Waals surface area contributed by atoms with Crippen LogP contribution in [0.1, 0.15) is 26.2 Å². The summed E-state index contributed by atoms with van der Waals surface area (Å²) in [5.74, 6) is -0.473. The van der Waals surface area contributed by atoms with Crippen molar-refractivity contribution >= 4 is 12.1 Å². The second-order valence-electron chi connectivity index (χ2n) is 4.13.